The van der Waals surface area contributed by atoms with E-state index in [1.54, 1.807) is 4.90 Å². The average Bonchev–Trinajstić information content (AvgIpc) is 2.86. The fourth-order valence-corrected chi connectivity index (χ4v) is 4.40. The molecule has 0 unspecified atom stereocenters. The molecule has 2 amide bonds. The molecular formula is C31H37ClN2O2. The van der Waals surface area contributed by atoms with Crippen molar-refractivity contribution in [3.8, 4) is 0 Å². The Morgan fingerprint density at radius 3 is 2.08 bits per heavy atom. The smallest absolute Gasteiger partial charge is 0.243 e. The fraction of sp³-hybridized carbons (Fsp3) is 0.355. The molecule has 1 N–H and O–H groups in total. The summed E-state index contributed by atoms with van der Waals surface area (Å²) in [6, 6.07) is 25.1. The van der Waals surface area contributed by atoms with Gasteiger partial charge in [-0.15, -0.1) is 0 Å². The van der Waals surface area contributed by atoms with Crippen LogP contribution in [0.3, 0.4) is 0 Å². The Kier molecular flexibility index (Phi) is 10.1. The zero-order valence-electron chi connectivity index (χ0n) is 21.7. The summed E-state index contributed by atoms with van der Waals surface area (Å²) in [4.78, 5) is 28.9. The fourth-order valence-electron chi connectivity index (χ4n) is 4.21. The summed E-state index contributed by atoms with van der Waals surface area (Å²) in [5.74, 6) is 0.239. The number of aryl methyl sites for hydroxylation is 1. The second-order valence-corrected chi connectivity index (χ2v) is 10.3. The molecule has 0 saturated carbocycles. The first-order chi connectivity index (χ1) is 17.2. The summed E-state index contributed by atoms with van der Waals surface area (Å²) in [7, 11) is 0. The van der Waals surface area contributed by atoms with Crippen LogP contribution in [0.15, 0.2) is 78.9 Å². The third-order valence-corrected chi connectivity index (χ3v) is 6.64. The summed E-state index contributed by atoms with van der Waals surface area (Å²) in [6.45, 7) is 8.46. The summed E-state index contributed by atoms with van der Waals surface area (Å²) >= 11 is 6.48. The van der Waals surface area contributed by atoms with Gasteiger partial charge in [0.2, 0.25) is 11.8 Å². The standard InChI is InChI=1S/C31H37ClN2O2/c1-22(2)26-17-14-24(15-18-26)16-19-30(35)34(21-27-12-8-9-13-28(27)32)29(31(36)33-23(3)4)20-25-10-6-5-7-11-25/h5-15,17-18,22-23,29H,16,19-21H2,1-4H3,(H,33,36)/t29-/m1/s1. The predicted octanol–water partition coefficient (Wildman–Crippen LogP) is 6.56. The number of hydrogen-bond acceptors (Lipinski definition) is 2. The van der Waals surface area contributed by atoms with E-state index in [9.17, 15) is 9.59 Å². The van der Waals surface area contributed by atoms with E-state index in [2.05, 4.69) is 43.4 Å². The molecule has 36 heavy (non-hydrogen) atoms. The van der Waals surface area contributed by atoms with Crippen LogP contribution in [0.4, 0.5) is 0 Å². The topological polar surface area (TPSA) is 49.4 Å². The Morgan fingerprint density at radius 2 is 1.47 bits per heavy atom. The highest BCUT2D eigenvalue weighted by Gasteiger charge is 2.30. The van der Waals surface area contributed by atoms with Gasteiger partial charge in [0.25, 0.3) is 0 Å². The second-order valence-electron chi connectivity index (χ2n) is 9.88. The first kappa shape index (κ1) is 27.5. The molecule has 3 rings (SSSR count). The van der Waals surface area contributed by atoms with E-state index in [0.717, 1.165) is 16.7 Å². The van der Waals surface area contributed by atoms with Crippen molar-refractivity contribution in [1.29, 1.82) is 0 Å². The molecule has 0 aliphatic heterocycles. The lowest BCUT2D eigenvalue weighted by molar-refractivity contribution is -0.141. The molecule has 0 bridgehead atoms. The van der Waals surface area contributed by atoms with Gasteiger partial charge in [0.15, 0.2) is 0 Å². The quantitative estimate of drug-likeness (QED) is 0.321. The number of rotatable bonds is 11. The average molecular weight is 505 g/mol. The Bertz CT molecular complexity index is 1130. The molecule has 3 aromatic carbocycles. The molecule has 3 aromatic rings. The van der Waals surface area contributed by atoms with Crippen molar-refractivity contribution in [1.82, 2.24) is 10.2 Å². The number of hydrogen-bond donors (Lipinski definition) is 1. The highest BCUT2D eigenvalue weighted by Crippen LogP contribution is 2.22. The number of halogens is 1. The van der Waals surface area contributed by atoms with Crippen molar-refractivity contribution in [2.75, 3.05) is 0 Å². The van der Waals surface area contributed by atoms with Gasteiger partial charge in [-0.25, -0.2) is 0 Å². The van der Waals surface area contributed by atoms with Crippen LogP contribution in [0.25, 0.3) is 0 Å². The first-order valence-corrected chi connectivity index (χ1v) is 13.1. The summed E-state index contributed by atoms with van der Waals surface area (Å²) in [5, 5.41) is 3.61. The maximum atomic E-state index is 13.7. The molecule has 1 atom stereocenters. The third-order valence-electron chi connectivity index (χ3n) is 6.27. The number of benzene rings is 3. The van der Waals surface area contributed by atoms with Crippen LogP contribution in [0, 0.1) is 0 Å². The van der Waals surface area contributed by atoms with E-state index in [-0.39, 0.29) is 24.4 Å². The van der Waals surface area contributed by atoms with Crippen molar-refractivity contribution in [3.63, 3.8) is 0 Å². The molecule has 0 spiro atoms. The summed E-state index contributed by atoms with van der Waals surface area (Å²) in [5.41, 5.74) is 4.21. The van der Waals surface area contributed by atoms with Crippen LogP contribution in [0.2, 0.25) is 5.02 Å². The number of nitrogens with zero attached hydrogens (tertiary/aromatic N) is 1. The van der Waals surface area contributed by atoms with Crippen molar-refractivity contribution in [2.24, 2.45) is 0 Å². The minimum Gasteiger partial charge on any atom is -0.352 e. The van der Waals surface area contributed by atoms with Crippen molar-refractivity contribution < 1.29 is 9.59 Å². The number of carbonyl (C=O) groups excluding carboxylic acids is 2. The maximum Gasteiger partial charge on any atom is 0.243 e. The van der Waals surface area contributed by atoms with Crippen LogP contribution in [0.5, 0.6) is 0 Å². The first-order valence-electron chi connectivity index (χ1n) is 12.7. The summed E-state index contributed by atoms with van der Waals surface area (Å²) in [6.07, 6.45) is 1.35. The molecule has 0 aliphatic carbocycles. The number of carbonyl (C=O) groups is 2. The van der Waals surface area contributed by atoms with E-state index in [1.165, 1.54) is 5.56 Å². The van der Waals surface area contributed by atoms with Gasteiger partial charge in [-0.1, -0.05) is 98.2 Å². The molecule has 4 nitrogen and oxygen atoms in total. The minimum atomic E-state index is -0.651. The molecule has 0 heterocycles. The zero-order valence-corrected chi connectivity index (χ0v) is 22.5. The normalized spacial score (nSPS) is 12.0. The van der Waals surface area contributed by atoms with Gasteiger partial charge in [-0.05, 0) is 54.5 Å². The Labute approximate surface area is 220 Å². The van der Waals surface area contributed by atoms with Crippen LogP contribution < -0.4 is 5.32 Å². The van der Waals surface area contributed by atoms with Crippen molar-refractivity contribution >= 4 is 23.4 Å². The monoisotopic (exact) mass is 504 g/mol. The van der Waals surface area contributed by atoms with Gasteiger partial charge >= 0.3 is 0 Å². The Morgan fingerprint density at radius 1 is 0.833 bits per heavy atom. The maximum absolute atomic E-state index is 13.7. The van der Waals surface area contributed by atoms with Crippen LogP contribution in [-0.4, -0.2) is 28.8 Å². The van der Waals surface area contributed by atoms with E-state index in [1.807, 2.05) is 68.4 Å². The second kappa shape index (κ2) is 13.3. The highest BCUT2D eigenvalue weighted by molar-refractivity contribution is 6.31. The van der Waals surface area contributed by atoms with Crippen LogP contribution >= 0.6 is 11.6 Å². The van der Waals surface area contributed by atoms with Gasteiger partial charge in [-0.3, -0.25) is 9.59 Å². The molecule has 0 aromatic heterocycles. The lowest BCUT2D eigenvalue weighted by atomic mass is 9.99. The molecule has 0 radical (unpaired) electrons. The van der Waals surface area contributed by atoms with Gasteiger partial charge in [0.05, 0.1) is 0 Å². The molecular weight excluding hydrogens is 468 g/mol. The highest BCUT2D eigenvalue weighted by atomic mass is 35.5. The predicted molar refractivity (Wildman–Crippen MR) is 148 cm³/mol. The van der Waals surface area contributed by atoms with Gasteiger partial charge in [0.1, 0.15) is 6.04 Å². The van der Waals surface area contributed by atoms with Crippen LogP contribution in [-0.2, 0) is 29.0 Å². The minimum absolute atomic E-state index is 0.0347. The molecule has 0 fully saturated rings. The number of amides is 2. The molecule has 5 heteroatoms. The molecule has 190 valence electrons. The largest absolute Gasteiger partial charge is 0.352 e. The van der Waals surface area contributed by atoms with Crippen molar-refractivity contribution in [2.45, 2.75) is 71.5 Å². The summed E-state index contributed by atoms with van der Waals surface area (Å²) < 4.78 is 0. The van der Waals surface area contributed by atoms with Crippen molar-refractivity contribution in [3.05, 3.63) is 106 Å². The van der Waals surface area contributed by atoms with E-state index >= 15 is 0 Å². The SMILES string of the molecule is CC(C)NC(=O)[C@@H](Cc1ccccc1)N(Cc1ccccc1Cl)C(=O)CCc1ccc(C(C)C)cc1. The van der Waals surface area contributed by atoms with E-state index in [0.29, 0.717) is 30.2 Å². The Hall–Kier alpha value is -3.11. The van der Waals surface area contributed by atoms with E-state index < -0.39 is 6.04 Å². The third kappa shape index (κ3) is 7.96. The van der Waals surface area contributed by atoms with E-state index in [4.69, 9.17) is 11.6 Å². The Balaban J connectivity index is 1.89. The van der Waals surface area contributed by atoms with Gasteiger partial charge < -0.3 is 10.2 Å². The van der Waals surface area contributed by atoms with Gasteiger partial charge in [0, 0.05) is 30.5 Å². The lowest BCUT2D eigenvalue weighted by Gasteiger charge is -2.32. The molecule has 0 aliphatic rings. The lowest BCUT2D eigenvalue weighted by Crippen LogP contribution is -2.51. The molecule has 0 saturated heterocycles. The zero-order chi connectivity index (χ0) is 26.1. The van der Waals surface area contributed by atoms with Gasteiger partial charge in [-0.2, -0.15) is 0 Å². The van der Waals surface area contributed by atoms with Crippen LogP contribution in [0.1, 0.15) is 62.3 Å². The number of nitrogens with one attached hydrogen (secondary N) is 1.